The van der Waals surface area contributed by atoms with E-state index in [9.17, 15) is 0 Å². The summed E-state index contributed by atoms with van der Waals surface area (Å²) in [7, 11) is 0. The standard InChI is InChI=1S/C82H50N2O4/c1-3-15-58-59-16-5-10-21-71(59)82(70(58)4-2)80-56-36-28-50(83(52-30-38-76-66(44-52)60-17-6-11-22-72(60)85-76)53-31-39-77-67(45-53)61-18-7-12-23-73(61)86-77)42-48(56)26-34-64(80)65-35-27-49-43-51(29-37-57(49)81(65)82)84(54-32-40-78-68(46-54)62-19-8-13-24-74(62)87-78)55-33-41-79-69(47-55)63-20-9-14-25-75(63)88-79/h3-47H,2H2,1H3/b15-3-. The predicted molar refractivity (Wildman–Crippen MR) is 364 cm³/mol. The molecule has 17 aromatic rings. The summed E-state index contributed by atoms with van der Waals surface area (Å²) in [5.41, 5.74) is 22.0. The lowest BCUT2D eigenvalue weighted by Gasteiger charge is -2.34. The number of hydrogen-bond acceptors (Lipinski definition) is 6. The van der Waals surface area contributed by atoms with Crippen LogP contribution in [-0.4, -0.2) is 0 Å². The summed E-state index contributed by atoms with van der Waals surface area (Å²) in [6, 6.07) is 91.9. The second kappa shape index (κ2) is 18.2. The molecule has 4 aromatic heterocycles. The Morgan fingerprint density at radius 2 is 0.659 bits per heavy atom. The van der Waals surface area contributed by atoms with Gasteiger partial charge in [-0.3, -0.25) is 0 Å². The van der Waals surface area contributed by atoms with Crippen molar-refractivity contribution in [1.29, 1.82) is 0 Å². The third kappa shape index (κ3) is 6.71. The van der Waals surface area contributed by atoms with Gasteiger partial charge in [0, 0.05) is 77.2 Å². The number of fused-ring (bicyclic) bond motifs is 23. The van der Waals surface area contributed by atoms with E-state index in [1.165, 1.54) is 55.3 Å². The van der Waals surface area contributed by atoms with Crippen LogP contribution in [0.3, 0.4) is 0 Å². The van der Waals surface area contributed by atoms with Crippen molar-refractivity contribution in [2.45, 2.75) is 12.3 Å². The fourth-order valence-electron chi connectivity index (χ4n) is 15.3. The number of para-hydroxylation sites is 4. The van der Waals surface area contributed by atoms with E-state index in [0.717, 1.165) is 133 Å². The molecule has 0 fully saturated rings. The smallest absolute Gasteiger partial charge is 0.135 e. The first kappa shape index (κ1) is 48.7. The van der Waals surface area contributed by atoms with Crippen LogP contribution in [-0.2, 0) is 5.41 Å². The van der Waals surface area contributed by atoms with Gasteiger partial charge in [0.15, 0.2) is 0 Å². The van der Waals surface area contributed by atoms with Gasteiger partial charge in [-0.2, -0.15) is 0 Å². The Hall–Kier alpha value is -11.6. The Balaban J connectivity index is 0.829. The second-order valence-electron chi connectivity index (χ2n) is 23.4. The van der Waals surface area contributed by atoms with E-state index in [2.05, 4.69) is 241 Å². The Kier molecular flexibility index (Phi) is 10.1. The van der Waals surface area contributed by atoms with Crippen molar-refractivity contribution >= 4 is 149 Å². The first-order valence-corrected chi connectivity index (χ1v) is 30.0. The van der Waals surface area contributed by atoms with Crippen molar-refractivity contribution in [3.63, 3.8) is 0 Å². The molecular formula is C82H50N2O4. The molecule has 0 bridgehead atoms. The molecule has 0 saturated carbocycles. The summed E-state index contributed by atoms with van der Waals surface area (Å²) >= 11 is 0. The molecule has 0 aliphatic heterocycles. The number of furan rings is 4. The molecule has 0 atom stereocenters. The number of hydrogen-bond donors (Lipinski definition) is 0. The molecule has 88 heavy (non-hydrogen) atoms. The number of rotatable bonds is 8. The molecule has 19 rings (SSSR count). The highest BCUT2D eigenvalue weighted by Crippen LogP contribution is 2.65. The molecule has 2 aliphatic rings. The molecule has 2 aliphatic carbocycles. The number of allylic oxidation sites excluding steroid dienone is 5. The van der Waals surface area contributed by atoms with E-state index in [1.807, 2.05) is 48.5 Å². The van der Waals surface area contributed by atoms with Crippen LogP contribution in [0.4, 0.5) is 34.1 Å². The molecule has 1 spiro atoms. The van der Waals surface area contributed by atoms with Gasteiger partial charge in [-0.05, 0) is 194 Å². The Labute approximate surface area is 504 Å². The van der Waals surface area contributed by atoms with Gasteiger partial charge in [-0.15, -0.1) is 0 Å². The fourth-order valence-corrected chi connectivity index (χ4v) is 15.3. The van der Waals surface area contributed by atoms with Crippen LogP contribution < -0.4 is 9.80 Å². The van der Waals surface area contributed by atoms with E-state index in [1.54, 1.807) is 0 Å². The lowest BCUT2D eigenvalue weighted by Crippen LogP contribution is -2.27. The summed E-state index contributed by atoms with van der Waals surface area (Å²) < 4.78 is 25.6. The van der Waals surface area contributed by atoms with Gasteiger partial charge in [-0.25, -0.2) is 0 Å². The van der Waals surface area contributed by atoms with Gasteiger partial charge >= 0.3 is 0 Å². The van der Waals surface area contributed by atoms with Gasteiger partial charge in [0.05, 0.1) is 5.41 Å². The van der Waals surface area contributed by atoms with Crippen LogP contribution in [0.25, 0.3) is 126 Å². The summed E-state index contributed by atoms with van der Waals surface area (Å²) in [5, 5.41) is 13.2. The van der Waals surface area contributed by atoms with Crippen LogP contribution >= 0.6 is 0 Å². The number of nitrogens with zero attached hydrogens (tertiary/aromatic N) is 2. The molecule has 412 valence electrons. The van der Waals surface area contributed by atoms with Crippen LogP contribution in [0, 0.1) is 0 Å². The van der Waals surface area contributed by atoms with Crippen molar-refractivity contribution in [2.75, 3.05) is 9.80 Å². The SMILES string of the molecule is C=CC1=C(/C=C\C)c2ccccc2C12c1c(ccc3cc(N(c4ccc5oc6ccccc6c5c4)c4ccc5oc6ccccc6c5c4)ccc13)-c1ccc3cc(N(c4ccc5oc6ccccc6c5c4)c4ccc5oc6ccccc6c5c4)ccc3c12. The molecule has 6 nitrogen and oxygen atoms in total. The van der Waals surface area contributed by atoms with Gasteiger partial charge in [0.1, 0.15) is 44.7 Å². The van der Waals surface area contributed by atoms with E-state index >= 15 is 0 Å². The zero-order chi connectivity index (χ0) is 57.9. The average Bonchev–Trinajstić information content (AvgIpc) is 1.50. The third-order valence-electron chi connectivity index (χ3n) is 18.9. The Bertz CT molecular complexity index is 5410. The topological polar surface area (TPSA) is 59.0 Å². The fraction of sp³-hybridized carbons (Fsp3) is 0.0244. The Morgan fingerprint density at radius 1 is 0.318 bits per heavy atom. The van der Waals surface area contributed by atoms with Crippen LogP contribution in [0.2, 0.25) is 0 Å². The van der Waals surface area contributed by atoms with Crippen molar-refractivity contribution < 1.29 is 17.7 Å². The van der Waals surface area contributed by atoms with Gasteiger partial charge in [-0.1, -0.05) is 158 Å². The highest BCUT2D eigenvalue weighted by molar-refractivity contribution is 6.14. The second-order valence-corrected chi connectivity index (χ2v) is 23.4. The summed E-state index contributed by atoms with van der Waals surface area (Å²) in [6.07, 6.45) is 6.58. The van der Waals surface area contributed by atoms with E-state index in [-0.39, 0.29) is 0 Å². The maximum atomic E-state index is 6.40. The number of benzene rings is 13. The first-order chi connectivity index (χ1) is 43.5. The minimum atomic E-state index is -0.735. The van der Waals surface area contributed by atoms with Crippen molar-refractivity contribution in [3.8, 4) is 11.1 Å². The summed E-state index contributed by atoms with van der Waals surface area (Å²) in [5.74, 6) is 0. The van der Waals surface area contributed by atoms with Gasteiger partial charge in [0.25, 0.3) is 0 Å². The molecule has 0 N–H and O–H groups in total. The van der Waals surface area contributed by atoms with E-state index in [0.29, 0.717) is 0 Å². The summed E-state index contributed by atoms with van der Waals surface area (Å²) in [4.78, 5) is 4.76. The zero-order valence-electron chi connectivity index (χ0n) is 47.7. The van der Waals surface area contributed by atoms with Crippen molar-refractivity contribution in [2.24, 2.45) is 0 Å². The molecular weight excluding hydrogens is 1080 g/mol. The molecule has 13 aromatic carbocycles. The molecule has 4 heterocycles. The van der Waals surface area contributed by atoms with E-state index in [4.69, 9.17) is 24.2 Å². The molecule has 0 unspecified atom stereocenters. The lowest BCUT2D eigenvalue weighted by molar-refractivity contribution is 0.668. The summed E-state index contributed by atoms with van der Waals surface area (Å²) in [6.45, 7) is 6.82. The molecule has 0 amide bonds. The molecule has 6 heteroatoms. The van der Waals surface area contributed by atoms with E-state index < -0.39 is 5.41 Å². The molecule has 0 saturated heterocycles. The maximum Gasteiger partial charge on any atom is 0.135 e. The van der Waals surface area contributed by atoms with Gasteiger partial charge in [0.2, 0.25) is 0 Å². The minimum absolute atomic E-state index is 0.735. The first-order valence-electron chi connectivity index (χ1n) is 30.0. The molecule has 0 radical (unpaired) electrons. The average molecular weight is 1130 g/mol. The highest BCUT2D eigenvalue weighted by Gasteiger charge is 2.53. The van der Waals surface area contributed by atoms with Crippen molar-refractivity contribution in [3.05, 3.63) is 307 Å². The highest BCUT2D eigenvalue weighted by atomic mass is 16.3. The number of anilines is 6. The van der Waals surface area contributed by atoms with Crippen LogP contribution in [0.1, 0.15) is 29.2 Å². The van der Waals surface area contributed by atoms with Crippen LogP contribution in [0.5, 0.6) is 0 Å². The predicted octanol–water partition coefficient (Wildman–Crippen LogP) is 23.4. The lowest BCUT2D eigenvalue weighted by atomic mass is 9.67. The minimum Gasteiger partial charge on any atom is -0.456 e. The third-order valence-corrected chi connectivity index (χ3v) is 18.9. The van der Waals surface area contributed by atoms with Gasteiger partial charge < -0.3 is 27.5 Å². The maximum absolute atomic E-state index is 6.40. The quantitative estimate of drug-likeness (QED) is 0.151. The largest absolute Gasteiger partial charge is 0.456 e. The zero-order valence-corrected chi connectivity index (χ0v) is 47.7. The van der Waals surface area contributed by atoms with Crippen molar-refractivity contribution in [1.82, 2.24) is 0 Å². The van der Waals surface area contributed by atoms with Crippen LogP contribution in [0.15, 0.2) is 303 Å². The normalized spacial score (nSPS) is 13.6. The monoisotopic (exact) mass is 1130 g/mol. The Morgan fingerprint density at radius 3 is 1.05 bits per heavy atom.